The summed E-state index contributed by atoms with van der Waals surface area (Å²) in [5.74, 6) is -0.504. The second-order valence-corrected chi connectivity index (χ2v) is 7.24. The third-order valence-electron chi connectivity index (χ3n) is 4.41. The minimum atomic E-state index is -0.296. The van der Waals surface area contributed by atoms with E-state index in [1.54, 1.807) is 42.5 Å². The number of aryl methyl sites for hydroxylation is 1. The molecule has 0 aliphatic heterocycles. The Morgan fingerprint density at radius 1 is 0.857 bits per heavy atom. The van der Waals surface area contributed by atoms with Crippen molar-refractivity contribution in [1.29, 1.82) is 0 Å². The first-order chi connectivity index (χ1) is 13.5. The van der Waals surface area contributed by atoms with Gasteiger partial charge in [-0.1, -0.05) is 66.5 Å². The molecule has 1 N–H and O–H groups in total. The third-order valence-corrected chi connectivity index (χ3v) is 4.98. The molecule has 0 radical (unpaired) electrons. The van der Waals surface area contributed by atoms with Crippen molar-refractivity contribution in [2.75, 3.05) is 5.32 Å². The summed E-state index contributed by atoms with van der Waals surface area (Å²) >= 11 is 12.2. The smallest absolute Gasteiger partial charge is 0.228 e. The van der Waals surface area contributed by atoms with E-state index in [-0.39, 0.29) is 18.1 Å². The van der Waals surface area contributed by atoms with Gasteiger partial charge in [-0.05, 0) is 47.9 Å². The second-order valence-electron chi connectivity index (χ2n) is 6.39. The van der Waals surface area contributed by atoms with E-state index in [1.807, 2.05) is 24.3 Å². The van der Waals surface area contributed by atoms with Gasteiger partial charge in [-0.3, -0.25) is 9.59 Å². The average Bonchev–Trinajstić information content (AvgIpc) is 2.70. The van der Waals surface area contributed by atoms with Gasteiger partial charge in [-0.2, -0.15) is 0 Å². The van der Waals surface area contributed by atoms with Gasteiger partial charge in [0, 0.05) is 16.1 Å². The minimum absolute atomic E-state index is 0.209. The topological polar surface area (TPSA) is 46.2 Å². The Hall–Kier alpha value is -2.62. The maximum absolute atomic E-state index is 13.0. The molecule has 0 aliphatic rings. The maximum Gasteiger partial charge on any atom is 0.228 e. The largest absolute Gasteiger partial charge is 0.325 e. The molecular formula is C23H19Cl2NO2. The van der Waals surface area contributed by atoms with Crippen LogP contribution in [0.1, 0.15) is 34.0 Å². The Morgan fingerprint density at radius 2 is 1.54 bits per heavy atom. The molecule has 0 saturated heterocycles. The molecule has 0 atom stereocenters. The van der Waals surface area contributed by atoms with Crippen LogP contribution in [0.15, 0.2) is 66.7 Å². The van der Waals surface area contributed by atoms with Crippen LogP contribution in [-0.2, 0) is 17.6 Å². The summed E-state index contributed by atoms with van der Waals surface area (Å²) in [4.78, 5) is 25.5. The van der Waals surface area contributed by atoms with Gasteiger partial charge >= 0.3 is 0 Å². The van der Waals surface area contributed by atoms with Crippen molar-refractivity contribution < 1.29 is 9.59 Å². The van der Waals surface area contributed by atoms with Crippen LogP contribution in [-0.4, -0.2) is 11.7 Å². The molecule has 142 valence electrons. The standard InChI is InChI=1S/C23H19Cl2NO2/c1-2-15-7-9-16(10-8-15)13-22(27)26-21-12-11-17(24)14-19(21)23(28)18-5-3-4-6-20(18)25/h3-12,14H,2,13H2,1H3,(H,26,27). The van der Waals surface area contributed by atoms with Crippen LogP contribution < -0.4 is 5.32 Å². The molecule has 3 rings (SSSR count). The number of nitrogens with one attached hydrogen (secondary N) is 1. The first-order valence-corrected chi connectivity index (χ1v) is 9.70. The Balaban J connectivity index is 1.83. The highest BCUT2D eigenvalue weighted by atomic mass is 35.5. The van der Waals surface area contributed by atoms with E-state index in [9.17, 15) is 9.59 Å². The number of anilines is 1. The molecule has 0 bridgehead atoms. The highest BCUT2D eigenvalue weighted by molar-refractivity contribution is 6.36. The summed E-state index contributed by atoms with van der Waals surface area (Å²) in [7, 11) is 0. The fourth-order valence-electron chi connectivity index (χ4n) is 2.88. The van der Waals surface area contributed by atoms with E-state index < -0.39 is 0 Å². The number of hydrogen-bond donors (Lipinski definition) is 1. The monoisotopic (exact) mass is 411 g/mol. The number of carbonyl (C=O) groups excluding carboxylic acids is 2. The Kier molecular flexibility index (Phi) is 6.50. The van der Waals surface area contributed by atoms with Gasteiger partial charge in [-0.25, -0.2) is 0 Å². The molecule has 0 fully saturated rings. The van der Waals surface area contributed by atoms with Crippen LogP contribution in [0.3, 0.4) is 0 Å². The third kappa shape index (κ3) is 4.80. The summed E-state index contributed by atoms with van der Waals surface area (Å²) in [6.45, 7) is 2.08. The molecule has 1 amide bonds. The van der Waals surface area contributed by atoms with E-state index in [4.69, 9.17) is 23.2 Å². The first kappa shape index (κ1) is 20.1. The fraction of sp³-hybridized carbons (Fsp3) is 0.130. The number of rotatable bonds is 6. The zero-order valence-corrected chi connectivity index (χ0v) is 16.8. The zero-order chi connectivity index (χ0) is 20.1. The van der Waals surface area contributed by atoms with Crippen molar-refractivity contribution in [1.82, 2.24) is 0 Å². The van der Waals surface area contributed by atoms with Gasteiger partial charge in [0.1, 0.15) is 0 Å². The highest BCUT2D eigenvalue weighted by Crippen LogP contribution is 2.26. The quantitative estimate of drug-likeness (QED) is 0.507. The van der Waals surface area contributed by atoms with Gasteiger partial charge in [-0.15, -0.1) is 0 Å². The van der Waals surface area contributed by atoms with Crippen molar-refractivity contribution in [3.05, 3.63) is 99.0 Å². The molecule has 3 aromatic rings. The van der Waals surface area contributed by atoms with Crippen molar-refractivity contribution in [3.8, 4) is 0 Å². The fourth-order valence-corrected chi connectivity index (χ4v) is 3.27. The normalized spacial score (nSPS) is 10.5. The summed E-state index contributed by atoms with van der Waals surface area (Å²) < 4.78 is 0. The molecule has 0 aliphatic carbocycles. The minimum Gasteiger partial charge on any atom is -0.325 e. The SMILES string of the molecule is CCc1ccc(CC(=O)Nc2ccc(Cl)cc2C(=O)c2ccccc2Cl)cc1. The van der Waals surface area contributed by atoms with E-state index in [2.05, 4.69) is 12.2 Å². The molecule has 0 aromatic heterocycles. The first-order valence-electron chi connectivity index (χ1n) is 8.94. The lowest BCUT2D eigenvalue weighted by atomic mass is 10.0. The molecule has 0 spiro atoms. The van der Waals surface area contributed by atoms with Crippen LogP contribution in [0.2, 0.25) is 10.0 Å². The molecular weight excluding hydrogens is 393 g/mol. The lowest BCUT2D eigenvalue weighted by Crippen LogP contribution is -2.17. The molecule has 0 unspecified atom stereocenters. The van der Waals surface area contributed by atoms with Crippen LogP contribution in [0.4, 0.5) is 5.69 Å². The average molecular weight is 412 g/mol. The van der Waals surface area contributed by atoms with Crippen LogP contribution in [0.5, 0.6) is 0 Å². The molecule has 28 heavy (non-hydrogen) atoms. The molecule has 5 heteroatoms. The predicted molar refractivity (Wildman–Crippen MR) is 114 cm³/mol. The van der Waals surface area contributed by atoms with Gasteiger partial charge in [0.05, 0.1) is 17.1 Å². The van der Waals surface area contributed by atoms with Crippen molar-refractivity contribution >= 4 is 40.6 Å². The van der Waals surface area contributed by atoms with Gasteiger partial charge in [0.25, 0.3) is 0 Å². The lowest BCUT2D eigenvalue weighted by Gasteiger charge is -2.12. The second kappa shape index (κ2) is 9.05. The number of ketones is 1. The zero-order valence-electron chi connectivity index (χ0n) is 15.3. The summed E-state index contributed by atoms with van der Waals surface area (Å²) in [5.41, 5.74) is 3.19. The number of hydrogen-bond acceptors (Lipinski definition) is 2. The summed E-state index contributed by atoms with van der Waals surface area (Å²) in [6, 6.07) is 19.5. The predicted octanol–water partition coefficient (Wildman–Crippen LogP) is 5.97. The Labute approximate surface area is 174 Å². The molecule has 3 aromatic carbocycles. The van der Waals surface area contributed by atoms with Gasteiger partial charge in [0.15, 0.2) is 5.78 Å². The van der Waals surface area contributed by atoms with Gasteiger partial charge in [0.2, 0.25) is 5.91 Å². The lowest BCUT2D eigenvalue weighted by molar-refractivity contribution is -0.115. The number of halogens is 2. The number of benzene rings is 3. The summed E-state index contributed by atoms with van der Waals surface area (Å²) in [5, 5.41) is 3.58. The van der Waals surface area contributed by atoms with Crippen molar-refractivity contribution in [2.45, 2.75) is 19.8 Å². The van der Waals surface area contributed by atoms with E-state index in [0.717, 1.165) is 12.0 Å². The molecule has 0 heterocycles. The molecule has 0 saturated carbocycles. The van der Waals surface area contributed by atoms with Crippen LogP contribution in [0.25, 0.3) is 0 Å². The van der Waals surface area contributed by atoms with Crippen molar-refractivity contribution in [2.24, 2.45) is 0 Å². The summed E-state index contributed by atoms with van der Waals surface area (Å²) in [6.07, 6.45) is 1.16. The van der Waals surface area contributed by atoms with E-state index >= 15 is 0 Å². The molecule has 3 nitrogen and oxygen atoms in total. The highest BCUT2D eigenvalue weighted by Gasteiger charge is 2.18. The number of amides is 1. The van der Waals surface area contributed by atoms with Crippen LogP contribution in [0, 0.1) is 0 Å². The van der Waals surface area contributed by atoms with E-state index in [0.29, 0.717) is 26.9 Å². The van der Waals surface area contributed by atoms with E-state index in [1.165, 1.54) is 5.56 Å². The van der Waals surface area contributed by atoms with Crippen molar-refractivity contribution in [3.63, 3.8) is 0 Å². The Bertz CT molecular complexity index is 1010. The van der Waals surface area contributed by atoms with Gasteiger partial charge < -0.3 is 5.32 Å². The van der Waals surface area contributed by atoms with Crippen LogP contribution >= 0.6 is 23.2 Å². The maximum atomic E-state index is 13.0. The number of carbonyl (C=O) groups is 2. The Morgan fingerprint density at radius 3 is 2.21 bits per heavy atom.